The van der Waals surface area contributed by atoms with Crippen molar-refractivity contribution in [3.8, 4) is 0 Å². The lowest BCUT2D eigenvalue weighted by molar-refractivity contribution is 0.0933. The Morgan fingerprint density at radius 1 is 1.69 bits per heavy atom. The number of hydrogen-bond acceptors (Lipinski definition) is 3. The Bertz CT molecular complexity index is 359. The van der Waals surface area contributed by atoms with Crippen LogP contribution in [0.3, 0.4) is 0 Å². The second kappa shape index (κ2) is 5.54. The number of aliphatic hydroxyl groups is 1. The highest BCUT2D eigenvalue weighted by Gasteiger charge is 2.14. The maximum absolute atomic E-state index is 11.5. The first-order valence-corrected chi connectivity index (χ1v) is 5.43. The monoisotopic (exact) mass is 265 g/mol. The largest absolute Gasteiger partial charge is 0.392 e. The molecule has 0 saturated carbocycles. The molecule has 0 saturated heterocycles. The molecule has 2 atom stereocenters. The van der Waals surface area contributed by atoms with Crippen molar-refractivity contribution >= 4 is 29.1 Å². The number of aliphatic hydroxyl groups excluding tert-OH is 1. The van der Waals surface area contributed by atoms with Crippen LogP contribution in [0, 0.1) is 0 Å². The number of aromatic nitrogens is 1. The molecule has 1 rings (SSSR count). The third-order valence-electron chi connectivity index (χ3n) is 2.09. The molecule has 90 valence electrons. The minimum Gasteiger partial charge on any atom is -0.392 e. The van der Waals surface area contributed by atoms with Gasteiger partial charge in [0.2, 0.25) is 0 Å². The van der Waals surface area contributed by atoms with E-state index in [1.807, 2.05) is 0 Å². The molecule has 0 bridgehead atoms. The summed E-state index contributed by atoms with van der Waals surface area (Å²) in [6.45, 7) is 1.73. The molecule has 0 aliphatic rings. The molecular weight excluding hydrogens is 253 g/mol. The van der Waals surface area contributed by atoms with E-state index in [-0.39, 0.29) is 28.3 Å². The van der Waals surface area contributed by atoms with Crippen molar-refractivity contribution in [2.45, 2.75) is 19.1 Å². The highest BCUT2D eigenvalue weighted by molar-refractivity contribution is 6.41. The number of carbonyl (C=O) groups is 1. The van der Waals surface area contributed by atoms with E-state index in [9.17, 15) is 4.79 Å². The van der Waals surface area contributed by atoms with E-state index >= 15 is 0 Å². The summed E-state index contributed by atoms with van der Waals surface area (Å²) in [4.78, 5) is 14.2. The van der Waals surface area contributed by atoms with E-state index in [2.05, 4.69) is 10.3 Å². The van der Waals surface area contributed by atoms with Crippen LogP contribution in [0.5, 0.6) is 0 Å². The van der Waals surface area contributed by atoms with Gasteiger partial charge in [-0.2, -0.15) is 0 Å². The van der Waals surface area contributed by atoms with Crippen molar-refractivity contribution in [3.63, 3.8) is 0 Å². The molecule has 5 N–H and O–H groups in total. The van der Waals surface area contributed by atoms with Crippen molar-refractivity contribution in [1.82, 2.24) is 10.3 Å². The van der Waals surface area contributed by atoms with Crippen molar-refractivity contribution < 1.29 is 9.90 Å². The number of carbonyl (C=O) groups excluding carboxylic acids is 1. The van der Waals surface area contributed by atoms with Gasteiger partial charge in [0.15, 0.2) is 0 Å². The first kappa shape index (κ1) is 13.3. The number of amides is 1. The SMILES string of the molecule is CC(O)C(N)CNC(=O)c1cc(Cl)c(Cl)[nH]1. The van der Waals surface area contributed by atoms with Gasteiger partial charge in [-0.25, -0.2) is 0 Å². The lowest BCUT2D eigenvalue weighted by atomic mass is 10.2. The summed E-state index contributed by atoms with van der Waals surface area (Å²) in [7, 11) is 0. The summed E-state index contributed by atoms with van der Waals surface area (Å²) in [5.74, 6) is -0.370. The van der Waals surface area contributed by atoms with E-state index in [1.54, 1.807) is 6.92 Å². The van der Waals surface area contributed by atoms with E-state index in [4.69, 9.17) is 34.0 Å². The summed E-state index contributed by atoms with van der Waals surface area (Å²) >= 11 is 11.3. The topological polar surface area (TPSA) is 91.1 Å². The molecule has 1 aromatic rings. The molecule has 0 spiro atoms. The molecule has 0 radical (unpaired) electrons. The second-order valence-electron chi connectivity index (χ2n) is 3.46. The molecule has 1 amide bonds. The Balaban J connectivity index is 2.53. The van der Waals surface area contributed by atoms with Crippen LogP contribution in [0.4, 0.5) is 0 Å². The lowest BCUT2D eigenvalue weighted by Gasteiger charge is -2.14. The fraction of sp³-hybridized carbons (Fsp3) is 0.444. The third kappa shape index (κ3) is 3.38. The van der Waals surface area contributed by atoms with Gasteiger partial charge in [0.25, 0.3) is 5.91 Å². The van der Waals surface area contributed by atoms with E-state index in [0.717, 1.165) is 0 Å². The van der Waals surface area contributed by atoms with Gasteiger partial charge >= 0.3 is 0 Å². The fourth-order valence-electron chi connectivity index (χ4n) is 1.00. The van der Waals surface area contributed by atoms with Crippen molar-refractivity contribution in [2.24, 2.45) is 5.73 Å². The Morgan fingerprint density at radius 3 is 2.75 bits per heavy atom. The molecular formula is C9H13Cl2N3O2. The Hall–Kier alpha value is -0.750. The number of rotatable bonds is 4. The molecule has 0 fully saturated rings. The normalized spacial score (nSPS) is 14.6. The number of H-pyrrole nitrogens is 1. The van der Waals surface area contributed by atoms with E-state index < -0.39 is 12.1 Å². The second-order valence-corrected chi connectivity index (χ2v) is 4.24. The summed E-state index contributed by atoms with van der Waals surface area (Å²) in [5.41, 5.74) is 5.81. The van der Waals surface area contributed by atoms with Crippen LogP contribution in [-0.2, 0) is 0 Å². The van der Waals surface area contributed by atoms with E-state index in [1.165, 1.54) is 6.07 Å². The molecule has 0 aliphatic heterocycles. The molecule has 0 aliphatic carbocycles. The maximum Gasteiger partial charge on any atom is 0.267 e. The van der Waals surface area contributed by atoms with Gasteiger partial charge in [-0.1, -0.05) is 23.2 Å². The van der Waals surface area contributed by atoms with Crippen molar-refractivity contribution in [2.75, 3.05) is 6.54 Å². The van der Waals surface area contributed by atoms with E-state index in [0.29, 0.717) is 0 Å². The average Bonchev–Trinajstić information content (AvgIpc) is 2.55. The van der Waals surface area contributed by atoms with Crippen LogP contribution in [-0.4, -0.2) is 34.7 Å². The Labute approximate surface area is 103 Å². The predicted octanol–water partition coefficient (Wildman–Crippen LogP) is 0.759. The molecule has 5 nitrogen and oxygen atoms in total. The van der Waals surface area contributed by atoms with Crippen LogP contribution in [0.1, 0.15) is 17.4 Å². The molecule has 1 heterocycles. The Kier molecular flexibility index (Phi) is 4.61. The van der Waals surface area contributed by atoms with Crippen molar-refractivity contribution in [1.29, 1.82) is 0 Å². The van der Waals surface area contributed by atoms with Gasteiger partial charge in [-0.15, -0.1) is 0 Å². The van der Waals surface area contributed by atoms with Crippen LogP contribution in [0.25, 0.3) is 0 Å². The minimum atomic E-state index is -0.684. The molecule has 7 heteroatoms. The zero-order valence-corrected chi connectivity index (χ0v) is 10.1. The highest BCUT2D eigenvalue weighted by Crippen LogP contribution is 2.21. The summed E-state index contributed by atoms with van der Waals surface area (Å²) in [6.07, 6.45) is -0.684. The number of nitrogens with one attached hydrogen (secondary N) is 2. The summed E-state index contributed by atoms with van der Waals surface area (Å²) < 4.78 is 0. The Morgan fingerprint density at radius 2 is 2.31 bits per heavy atom. The van der Waals surface area contributed by atoms with Gasteiger partial charge in [0.1, 0.15) is 10.8 Å². The summed E-state index contributed by atoms with van der Waals surface area (Å²) in [5, 5.41) is 12.2. The standard InChI is InChI=1S/C9H13Cl2N3O2/c1-4(15)6(12)3-13-9(16)7-2-5(10)8(11)14-7/h2,4,6,14-15H,3,12H2,1H3,(H,13,16). The van der Waals surface area contributed by atoms with Gasteiger partial charge in [0, 0.05) is 12.6 Å². The first-order valence-electron chi connectivity index (χ1n) is 4.67. The number of aromatic amines is 1. The van der Waals surface area contributed by atoms with Crippen molar-refractivity contribution in [3.05, 3.63) is 21.9 Å². The molecule has 2 unspecified atom stereocenters. The zero-order chi connectivity index (χ0) is 12.3. The van der Waals surface area contributed by atoms with Crippen LogP contribution in [0.15, 0.2) is 6.07 Å². The molecule has 16 heavy (non-hydrogen) atoms. The highest BCUT2D eigenvalue weighted by atomic mass is 35.5. The first-order chi connectivity index (χ1) is 7.41. The van der Waals surface area contributed by atoms with Crippen LogP contribution < -0.4 is 11.1 Å². The predicted molar refractivity (Wildman–Crippen MR) is 62.8 cm³/mol. The number of hydrogen-bond donors (Lipinski definition) is 4. The zero-order valence-electron chi connectivity index (χ0n) is 8.63. The molecule has 1 aromatic heterocycles. The van der Waals surface area contributed by atoms with Gasteiger partial charge < -0.3 is 21.1 Å². The number of nitrogens with two attached hydrogens (primary N) is 1. The van der Waals surface area contributed by atoms with Gasteiger partial charge in [-0.05, 0) is 13.0 Å². The van der Waals surface area contributed by atoms with Gasteiger partial charge in [0.05, 0.1) is 11.1 Å². The minimum absolute atomic E-state index is 0.171. The smallest absolute Gasteiger partial charge is 0.267 e. The van der Waals surface area contributed by atoms with Crippen LogP contribution in [0.2, 0.25) is 10.2 Å². The average molecular weight is 266 g/mol. The quantitative estimate of drug-likeness (QED) is 0.648. The molecule has 0 aromatic carbocycles. The van der Waals surface area contributed by atoms with Crippen LogP contribution >= 0.6 is 23.2 Å². The fourth-order valence-corrected chi connectivity index (χ4v) is 1.32. The van der Waals surface area contributed by atoms with Gasteiger partial charge in [-0.3, -0.25) is 4.79 Å². The third-order valence-corrected chi connectivity index (χ3v) is 2.78. The summed E-state index contributed by atoms with van der Waals surface area (Å²) in [6, 6.07) is 0.914. The maximum atomic E-state index is 11.5. The number of halogens is 2. The lowest BCUT2D eigenvalue weighted by Crippen LogP contribution is -2.43.